The molecule has 8 nitrogen and oxygen atoms in total. The van der Waals surface area contributed by atoms with Crippen LogP contribution in [0.2, 0.25) is 0 Å². The number of aliphatic hydroxyl groups is 1. The zero-order valence-electron chi connectivity index (χ0n) is 13.3. The van der Waals surface area contributed by atoms with Crippen LogP contribution in [0.15, 0.2) is 42.7 Å². The summed E-state index contributed by atoms with van der Waals surface area (Å²) in [6.45, 7) is 0.418. The lowest BCUT2D eigenvalue weighted by molar-refractivity contribution is 0.0927. The fraction of sp³-hybridized carbons (Fsp3) is 0.176. The molecule has 2 heterocycles. The lowest BCUT2D eigenvalue weighted by atomic mass is 10.2. The first-order valence-corrected chi connectivity index (χ1v) is 7.73. The minimum Gasteiger partial charge on any atom is -0.388 e. The van der Waals surface area contributed by atoms with E-state index in [1.165, 1.54) is 6.20 Å². The van der Waals surface area contributed by atoms with E-state index in [2.05, 4.69) is 25.6 Å². The molecule has 25 heavy (non-hydrogen) atoms. The van der Waals surface area contributed by atoms with Crippen molar-refractivity contribution in [2.75, 3.05) is 13.1 Å². The molecule has 2 aromatic heterocycles. The van der Waals surface area contributed by atoms with Crippen molar-refractivity contribution < 1.29 is 14.7 Å². The van der Waals surface area contributed by atoms with Gasteiger partial charge in [-0.15, -0.1) is 0 Å². The molecule has 0 aliphatic heterocycles. The molecule has 3 rings (SSSR count). The molecule has 3 aromatic rings. The number of carbonyl (C=O) groups excluding carboxylic acids is 2. The van der Waals surface area contributed by atoms with E-state index in [-0.39, 0.29) is 18.4 Å². The largest absolute Gasteiger partial charge is 0.388 e. The maximum Gasteiger partial charge on any atom is 0.252 e. The van der Waals surface area contributed by atoms with Crippen molar-refractivity contribution >= 4 is 22.8 Å². The number of imidazole rings is 1. The molecule has 2 amide bonds. The monoisotopic (exact) mass is 339 g/mol. The van der Waals surface area contributed by atoms with Gasteiger partial charge in [-0.2, -0.15) is 0 Å². The van der Waals surface area contributed by atoms with Crippen molar-refractivity contribution in [2.45, 2.75) is 6.61 Å². The third kappa shape index (κ3) is 3.99. The molecule has 0 aliphatic carbocycles. The fourth-order valence-electron chi connectivity index (χ4n) is 2.33. The third-order valence-corrected chi connectivity index (χ3v) is 3.56. The van der Waals surface area contributed by atoms with Gasteiger partial charge in [-0.3, -0.25) is 14.6 Å². The Bertz CT molecular complexity index is 892. The molecular formula is C17H17N5O3. The number of pyridine rings is 1. The van der Waals surface area contributed by atoms with Crippen LogP contribution in [0.5, 0.6) is 0 Å². The number of carbonyl (C=O) groups is 2. The molecule has 0 saturated heterocycles. The minimum absolute atomic E-state index is 0.188. The standard InChI is InChI=1S/C17H17N5O3/c23-10-15-21-13-4-3-11(8-14(13)22-15)16(24)19-6-7-20-17(25)12-2-1-5-18-9-12/h1-5,8-9,23H,6-7,10H2,(H,19,24)(H,20,25)(H,21,22). The molecule has 0 atom stereocenters. The van der Waals surface area contributed by atoms with Crippen molar-refractivity contribution in [3.63, 3.8) is 0 Å². The summed E-state index contributed by atoms with van der Waals surface area (Å²) in [7, 11) is 0. The summed E-state index contributed by atoms with van der Waals surface area (Å²) in [5.74, 6) is -0.0406. The van der Waals surface area contributed by atoms with Crippen LogP contribution in [-0.4, -0.2) is 45.0 Å². The molecule has 0 bridgehead atoms. The Kier molecular flexibility index (Phi) is 5.00. The van der Waals surface area contributed by atoms with Crippen LogP contribution >= 0.6 is 0 Å². The van der Waals surface area contributed by atoms with E-state index >= 15 is 0 Å². The van der Waals surface area contributed by atoms with E-state index in [9.17, 15) is 9.59 Å². The summed E-state index contributed by atoms with van der Waals surface area (Å²) >= 11 is 0. The number of aromatic amines is 1. The van der Waals surface area contributed by atoms with Gasteiger partial charge < -0.3 is 20.7 Å². The predicted molar refractivity (Wildman–Crippen MR) is 90.9 cm³/mol. The van der Waals surface area contributed by atoms with Gasteiger partial charge in [0.2, 0.25) is 0 Å². The van der Waals surface area contributed by atoms with Gasteiger partial charge in [0.25, 0.3) is 11.8 Å². The average molecular weight is 339 g/mol. The number of aliphatic hydroxyl groups excluding tert-OH is 1. The Labute approximate surface area is 143 Å². The second-order valence-corrected chi connectivity index (χ2v) is 5.33. The van der Waals surface area contributed by atoms with Gasteiger partial charge in [0.05, 0.1) is 16.6 Å². The Balaban J connectivity index is 1.51. The number of fused-ring (bicyclic) bond motifs is 1. The second-order valence-electron chi connectivity index (χ2n) is 5.33. The Morgan fingerprint density at radius 2 is 1.84 bits per heavy atom. The average Bonchev–Trinajstić information content (AvgIpc) is 3.08. The number of hydrogen-bond donors (Lipinski definition) is 4. The maximum atomic E-state index is 12.2. The number of rotatable bonds is 6. The Morgan fingerprint density at radius 1 is 1.08 bits per heavy atom. The highest BCUT2D eigenvalue weighted by molar-refractivity contribution is 5.97. The van der Waals surface area contributed by atoms with E-state index in [0.717, 1.165) is 0 Å². The van der Waals surface area contributed by atoms with Gasteiger partial charge in [0.15, 0.2) is 0 Å². The number of benzene rings is 1. The molecule has 0 spiro atoms. The second kappa shape index (κ2) is 7.54. The molecule has 4 N–H and O–H groups in total. The summed E-state index contributed by atoms with van der Waals surface area (Å²) in [6.07, 6.45) is 3.07. The van der Waals surface area contributed by atoms with Gasteiger partial charge in [0.1, 0.15) is 12.4 Å². The van der Waals surface area contributed by atoms with Crippen LogP contribution in [-0.2, 0) is 6.61 Å². The summed E-state index contributed by atoms with van der Waals surface area (Å²) in [4.78, 5) is 35.0. The smallest absolute Gasteiger partial charge is 0.252 e. The molecule has 8 heteroatoms. The Morgan fingerprint density at radius 3 is 2.52 bits per heavy atom. The first-order valence-electron chi connectivity index (χ1n) is 7.73. The van der Waals surface area contributed by atoms with Gasteiger partial charge >= 0.3 is 0 Å². The van der Waals surface area contributed by atoms with Gasteiger partial charge in [-0.05, 0) is 30.3 Å². The first kappa shape index (κ1) is 16.6. The predicted octanol–water partition coefficient (Wildman–Crippen LogP) is 0.610. The van der Waals surface area contributed by atoms with Gasteiger partial charge in [0, 0.05) is 31.0 Å². The molecule has 0 saturated carbocycles. The summed E-state index contributed by atoms with van der Waals surface area (Å²) in [5, 5.41) is 14.5. The molecule has 0 radical (unpaired) electrons. The van der Waals surface area contributed by atoms with E-state index in [4.69, 9.17) is 5.11 Å². The summed E-state index contributed by atoms with van der Waals surface area (Å²) in [6, 6.07) is 8.40. The number of aromatic nitrogens is 3. The van der Waals surface area contributed by atoms with E-state index in [0.29, 0.717) is 41.1 Å². The molecular weight excluding hydrogens is 322 g/mol. The van der Waals surface area contributed by atoms with Crippen molar-refractivity contribution in [1.82, 2.24) is 25.6 Å². The van der Waals surface area contributed by atoms with E-state index in [1.807, 2.05) is 0 Å². The molecule has 0 fully saturated rings. The SMILES string of the molecule is O=C(NCCNC(=O)c1ccc2nc(CO)[nH]c2c1)c1cccnc1. The molecule has 0 unspecified atom stereocenters. The van der Waals surface area contributed by atoms with Crippen LogP contribution in [0.3, 0.4) is 0 Å². The van der Waals surface area contributed by atoms with Gasteiger partial charge in [-0.25, -0.2) is 4.98 Å². The lowest BCUT2D eigenvalue weighted by Gasteiger charge is -2.07. The van der Waals surface area contributed by atoms with Crippen LogP contribution < -0.4 is 10.6 Å². The van der Waals surface area contributed by atoms with Crippen LogP contribution in [0.25, 0.3) is 11.0 Å². The van der Waals surface area contributed by atoms with Gasteiger partial charge in [-0.1, -0.05) is 0 Å². The molecule has 128 valence electrons. The Hall–Kier alpha value is -3.26. The van der Waals surface area contributed by atoms with Crippen molar-refractivity contribution in [2.24, 2.45) is 0 Å². The quantitative estimate of drug-likeness (QED) is 0.491. The van der Waals surface area contributed by atoms with Crippen LogP contribution in [0, 0.1) is 0 Å². The van der Waals surface area contributed by atoms with Crippen molar-refractivity contribution in [3.05, 3.63) is 59.7 Å². The van der Waals surface area contributed by atoms with Crippen molar-refractivity contribution in [1.29, 1.82) is 0 Å². The number of nitrogens with zero attached hydrogens (tertiary/aromatic N) is 2. The molecule has 1 aromatic carbocycles. The maximum absolute atomic E-state index is 12.2. The number of H-pyrrole nitrogens is 1. The zero-order valence-corrected chi connectivity index (χ0v) is 13.3. The van der Waals surface area contributed by atoms with E-state index < -0.39 is 0 Å². The van der Waals surface area contributed by atoms with E-state index in [1.54, 1.807) is 36.5 Å². The lowest BCUT2D eigenvalue weighted by Crippen LogP contribution is -2.34. The minimum atomic E-state index is -0.252. The normalized spacial score (nSPS) is 10.6. The van der Waals surface area contributed by atoms with Crippen molar-refractivity contribution in [3.8, 4) is 0 Å². The first-order chi connectivity index (χ1) is 12.2. The number of hydrogen-bond acceptors (Lipinski definition) is 5. The highest BCUT2D eigenvalue weighted by Crippen LogP contribution is 2.13. The highest BCUT2D eigenvalue weighted by atomic mass is 16.3. The summed E-state index contributed by atoms with van der Waals surface area (Å²) in [5.41, 5.74) is 2.31. The zero-order chi connectivity index (χ0) is 17.6. The highest BCUT2D eigenvalue weighted by Gasteiger charge is 2.09. The summed E-state index contributed by atoms with van der Waals surface area (Å²) < 4.78 is 0. The molecule has 0 aliphatic rings. The topological polar surface area (TPSA) is 120 Å². The van der Waals surface area contributed by atoms with Crippen LogP contribution in [0.1, 0.15) is 26.5 Å². The number of nitrogens with one attached hydrogen (secondary N) is 3. The third-order valence-electron chi connectivity index (χ3n) is 3.56. The van der Waals surface area contributed by atoms with Crippen LogP contribution in [0.4, 0.5) is 0 Å². The number of amides is 2. The fourth-order valence-corrected chi connectivity index (χ4v) is 2.33.